The molecule has 5 N–H and O–H groups in total. The molecule has 2 amide bonds. The van der Waals surface area contributed by atoms with Crippen LogP contribution in [0.4, 0.5) is 21.4 Å². The SMILES string of the molecule is NOC(=O)Cn1cc2ncnc(NCCc3cnc(NC(=O)Nc4cccc(Cl)c4)s3)c2n1. The molecule has 0 aliphatic carbocycles. The predicted molar refractivity (Wildman–Crippen MR) is 124 cm³/mol. The van der Waals surface area contributed by atoms with Crippen molar-refractivity contribution in [3.63, 3.8) is 0 Å². The summed E-state index contributed by atoms with van der Waals surface area (Å²) in [6, 6.07) is 6.45. The van der Waals surface area contributed by atoms with Crippen LogP contribution in [-0.2, 0) is 22.6 Å². The van der Waals surface area contributed by atoms with E-state index in [0.29, 0.717) is 45.7 Å². The Balaban J connectivity index is 1.31. The molecule has 0 unspecified atom stereocenters. The number of fused-ring (bicyclic) bond motifs is 1. The highest BCUT2D eigenvalue weighted by atomic mass is 35.5. The van der Waals surface area contributed by atoms with E-state index in [4.69, 9.17) is 17.5 Å². The minimum Gasteiger partial charge on any atom is -0.372 e. The average Bonchev–Trinajstić information content (AvgIpc) is 3.40. The Morgan fingerprint density at radius 1 is 1.21 bits per heavy atom. The summed E-state index contributed by atoms with van der Waals surface area (Å²) < 4.78 is 1.38. The lowest BCUT2D eigenvalue weighted by Gasteiger charge is -2.05. The third-order valence-electron chi connectivity index (χ3n) is 4.29. The quantitative estimate of drug-likeness (QED) is 0.273. The van der Waals surface area contributed by atoms with E-state index < -0.39 is 12.0 Å². The van der Waals surface area contributed by atoms with Crippen molar-refractivity contribution >= 4 is 62.6 Å². The normalized spacial score (nSPS) is 10.7. The third-order valence-corrected chi connectivity index (χ3v) is 5.50. The molecule has 0 aliphatic heterocycles. The van der Waals surface area contributed by atoms with E-state index in [-0.39, 0.29) is 6.54 Å². The maximum atomic E-state index is 12.1. The molecule has 12 nitrogen and oxygen atoms in total. The summed E-state index contributed by atoms with van der Waals surface area (Å²) in [7, 11) is 0. The highest BCUT2D eigenvalue weighted by Crippen LogP contribution is 2.21. The molecule has 0 saturated heterocycles. The highest BCUT2D eigenvalue weighted by Gasteiger charge is 2.12. The molecular weight excluding hydrogens is 470 g/mol. The maximum absolute atomic E-state index is 12.1. The molecule has 14 heteroatoms. The Morgan fingerprint density at radius 2 is 2.09 bits per heavy atom. The van der Waals surface area contributed by atoms with E-state index in [9.17, 15) is 9.59 Å². The smallest absolute Gasteiger partial charge is 0.346 e. The number of carbonyl (C=O) groups excluding carboxylic acids is 2. The minimum absolute atomic E-state index is 0.131. The van der Waals surface area contributed by atoms with Crippen molar-refractivity contribution in [1.82, 2.24) is 24.7 Å². The second-order valence-corrected chi connectivity index (χ2v) is 8.22. The Kier molecular flexibility index (Phi) is 6.92. The number of hydrogen-bond acceptors (Lipinski definition) is 10. The van der Waals surface area contributed by atoms with Gasteiger partial charge in [-0.15, -0.1) is 11.3 Å². The number of thiazole rings is 1. The fourth-order valence-corrected chi connectivity index (χ4v) is 3.87. The zero-order valence-electron chi connectivity index (χ0n) is 17.0. The molecule has 0 bridgehead atoms. The number of amides is 2. The topological polar surface area (TPSA) is 162 Å². The molecular formula is C19H18ClN9O3S. The van der Waals surface area contributed by atoms with Crippen LogP contribution in [0.2, 0.25) is 5.02 Å². The maximum Gasteiger partial charge on any atom is 0.346 e. The van der Waals surface area contributed by atoms with Crippen LogP contribution < -0.4 is 21.8 Å². The number of hydrogen-bond donors (Lipinski definition) is 4. The van der Waals surface area contributed by atoms with Crippen LogP contribution in [0.3, 0.4) is 0 Å². The number of anilines is 3. The first-order chi connectivity index (χ1) is 16.0. The molecule has 0 spiro atoms. The zero-order chi connectivity index (χ0) is 23.2. The fourth-order valence-electron chi connectivity index (χ4n) is 2.87. The van der Waals surface area contributed by atoms with Gasteiger partial charge in [0, 0.05) is 34.7 Å². The molecule has 3 heterocycles. The van der Waals surface area contributed by atoms with E-state index in [1.165, 1.54) is 22.3 Å². The van der Waals surface area contributed by atoms with Crippen molar-refractivity contribution in [3.05, 3.63) is 52.9 Å². The van der Waals surface area contributed by atoms with Crippen molar-refractivity contribution in [1.29, 1.82) is 0 Å². The molecule has 4 rings (SSSR count). The number of halogens is 1. The largest absolute Gasteiger partial charge is 0.372 e. The molecule has 4 aromatic rings. The number of carbonyl (C=O) groups is 2. The van der Waals surface area contributed by atoms with E-state index >= 15 is 0 Å². The van der Waals surface area contributed by atoms with Crippen LogP contribution in [0.15, 0.2) is 43.0 Å². The van der Waals surface area contributed by atoms with E-state index in [1.54, 1.807) is 36.7 Å². The van der Waals surface area contributed by atoms with Crippen LogP contribution in [0, 0.1) is 0 Å². The molecule has 33 heavy (non-hydrogen) atoms. The third kappa shape index (κ3) is 5.91. The first-order valence-electron chi connectivity index (χ1n) is 9.60. The van der Waals surface area contributed by atoms with Gasteiger partial charge in [0.2, 0.25) is 0 Å². The molecule has 0 atom stereocenters. The second kappa shape index (κ2) is 10.2. The number of nitrogens with one attached hydrogen (secondary N) is 3. The summed E-state index contributed by atoms with van der Waals surface area (Å²) in [5.74, 6) is 4.77. The predicted octanol–water partition coefficient (Wildman–Crippen LogP) is 2.65. The van der Waals surface area contributed by atoms with Gasteiger partial charge in [0.15, 0.2) is 16.5 Å². The standard InChI is InChI=1S/C19H18ClN9O3S/c20-11-2-1-3-12(6-11)26-18(31)27-19-23-7-13(33-19)4-5-22-17-16-14(24-10-25-17)8-29(28-16)9-15(30)32-21/h1-3,6-8,10H,4-5,9,21H2,(H,22,24,25)(H2,23,26,27,31). The number of nitrogens with zero attached hydrogens (tertiary/aromatic N) is 5. The van der Waals surface area contributed by atoms with Crippen molar-refractivity contribution in [3.8, 4) is 0 Å². The Hall–Kier alpha value is -3.81. The molecule has 170 valence electrons. The molecule has 3 aromatic heterocycles. The average molecular weight is 488 g/mol. The molecule has 0 fully saturated rings. The lowest BCUT2D eigenvalue weighted by molar-refractivity contribution is -0.145. The van der Waals surface area contributed by atoms with Crippen LogP contribution >= 0.6 is 22.9 Å². The van der Waals surface area contributed by atoms with Crippen LogP contribution in [0.25, 0.3) is 11.0 Å². The molecule has 0 aliphatic rings. The van der Waals surface area contributed by atoms with Gasteiger partial charge >= 0.3 is 12.0 Å². The fraction of sp³-hybridized carbons (Fsp3) is 0.158. The van der Waals surface area contributed by atoms with Gasteiger partial charge in [0.05, 0.1) is 6.20 Å². The summed E-state index contributed by atoms with van der Waals surface area (Å²) in [6.45, 7) is 0.411. The summed E-state index contributed by atoms with van der Waals surface area (Å²) in [5, 5.41) is 13.9. The van der Waals surface area contributed by atoms with E-state index in [1.807, 2.05) is 0 Å². The number of rotatable bonds is 8. The van der Waals surface area contributed by atoms with Gasteiger partial charge < -0.3 is 15.5 Å². The van der Waals surface area contributed by atoms with Crippen LogP contribution in [0.1, 0.15) is 4.88 Å². The van der Waals surface area contributed by atoms with E-state index in [2.05, 4.69) is 40.8 Å². The van der Waals surface area contributed by atoms with Gasteiger partial charge in [-0.05, 0) is 18.2 Å². The summed E-state index contributed by atoms with van der Waals surface area (Å²) in [5.41, 5.74) is 1.68. The first kappa shape index (κ1) is 22.4. The summed E-state index contributed by atoms with van der Waals surface area (Å²) in [4.78, 5) is 41.2. The monoisotopic (exact) mass is 487 g/mol. The van der Waals surface area contributed by atoms with Crippen molar-refractivity contribution in [2.24, 2.45) is 5.90 Å². The minimum atomic E-state index is -0.624. The Bertz CT molecular complexity index is 1290. The lowest BCUT2D eigenvalue weighted by Crippen LogP contribution is -2.19. The first-order valence-corrected chi connectivity index (χ1v) is 10.8. The van der Waals surface area contributed by atoms with Gasteiger partial charge in [-0.25, -0.2) is 24.5 Å². The van der Waals surface area contributed by atoms with Crippen LogP contribution in [-0.4, -0.2) is 43.3 Å². The van der Waals surface area contributed by atoms with Gasteiger partial charge in [0.25, 0.3) is 0 Å². The van der Waals surface area contributed by atoms with Crippen molar-refractivity contribution in [2.45, 2.75) is 13.0 Å². The van der Waals surface area contributed by atoms with Crippen LogP contribution in [0.5, 0.6) is 0 Å². The number of nitrogens with two attached hydrogens (primary N) is 1. The number of benzene rings is 1. The second-order valence-electron chi connectivity index (χ2n) is 6.67. The highest BCUT2D eigenvalue weighted by molar-refractivity contribution is 7.15. The lowest BCUT2D eigenvalue weighted by atomic mass is 10.3. The van der Waals surface area contributed by atoms with Crippen molar-refractivity contribution < 1.29 is 14.4 Å². The Labute approximate surface area is 196 Å². The van der Waals surface area contributed by atoms with Crippen molar-refractivity contribution in [2.75, 3.05) is 22.5 Å². The molecule has 1 aromatic carbocycles. The molecule has 0 saturated carbocycles. The Morgan fingerprint density at radius 3 is 2.91 bits per heavy atom. The number of aromatic nitrogens is 5. The summed E-state index contributed by atoms with van der Waals surface area (Å²) in [6.07, 6.45) is 5.35. The van der Waals surface area contributed by atoms with Gasteiger partial charge in [-0.2, -0.15) is 11.0 Å². The van der Waals surface area contributed by atoms with Gasteiger partial charge in [0.1, 0.15) is 18.4 Å². The van der Waals surface area contributed by atoms with Gasteiger partial charge in [-0.3, -0.25) is 10.00 Å². The summed E-state index contributed by atoms with van der Waals surface area (Å²) >= 11 is 7.28. The van der Waals surface area contributed by atoms with Gasteiger partial charge in [-0.1, -0.05) is 17.7 Å². The number of urea groups is 1. The molecule has 0 radical (unpaired) electrons. The van der Waals surface area contributed by atoms with E-state index in [0.717, 1.165) is 4.88 Å². The zero-order valence-corrected chi connectivity index (χ0v) is 18.6.